The Balaban J connectivity index is 2.23. The molecule has 0 aliphatic heterocycles. The van der Waals surface area contributed by atoms with Crippen molar-refractivity contribution in [2.45, 2.75) is 6.92 Å². The molecule has 4 rings (SSSR count). The Morgan fingerprint density at radius 2 is 1.83 bits per heavy atom. The maximum absolute atomic E-state index is 4.71. The Morgan fingerprint density at radius 1 is 0.944 bits per heavy atom. The van der Waals surface area contributed by atoms with Crippen LogP contribution in [0.5, 0.6) is 0 Å². The van der Waals surface area contributed by atoms with Gasteiger partial charge in [-0.25, -0.2) is 9.97 Å². The Labute approximate surface area is 103 Å². The van der Waals surface area contributed by atoms with E-state index in [1.165, 1.54) is 5.56 Å². The molecule has 0 saturated carbocycles. The van der Waals surface area contributed by atoms with E-state index in [0.29, 0.717) is 0 Å². The fraction of sp³-hybridized carbons (Fsp3) is 0.0667. The number of rotatable bonds is 0. The van der Waals surface area contributed by atoms with Crippen LogP contribution in [0.1, 0.15) is 5.56 Å². The number of aryl methyl sites for hydroxylation is 1. The monoisotopic (exact) mass is 233 g/mol. The van der Waals surface area contributed by atoms with Gasteiger partial charge in [0.25, 0.3) is 0 Å². The lowest BCUT2D eigenvalue weighted by Crippen LogP contribution is -1.86. The molecule has 0 radical (unpaired) electrons. The molecule has 3 heteroatoms. The highest BCUT2D eigenvalue weighted by atomic mass is 14.9. The second kappa shape index (κ2) is 3.29. The first-order chi connectivity index (χ1) is 8.81. The molecule has 1 N–H and O–H groups in total. The van der Waals surface area contributed by atoms with Crippen LogP contribution in [0, 0.1) is 6.92 Å². The number of para-hydroxylation sites is 1. The van der Waals surface area contributed by atoms with E-state index < -0.39 is 0 Å². The van der Waals surface area contributed by atoms with Crippen molar-refractivity contribution in [3.05, 3.63) is 48.0 Å². The van der Waals surface area contributed by atoms with E-state index in [9.17, 15) is 0 Å². The first-order valence-corrected chi connectivity index (χ1v) is 5.96. The van der Waals surface area contributed by atoms with Gasteiger partial charge in [-0.2, -0.15) is 0 Å². The van der Waals surface area contributed by atoms with Crippen molar-refractivity contribution in [2.24, 2.45) is 0 Å². The second-order valence-corrected chi connectivity index (χ2v) is 4.58. The van der Waals surface area contributed by atoms with Gasteiger partial charge in [0.1, 0.15) is 5.52 Å². The van der Waals surface area contributed by atoms with Crippen LogP contribution in [0.15, 0.2) is 42.5 Å². The van der Waals surface area contributed by atoms with Crippen molar-refractivity contribution < 1.29 is 0 Å². The third kappa shape index (κ3) is 1.24. The van der Waals surface area contributed by atoms with E-state index in [1.54, 1.807) is 0 Å². The van der Waals surface area contributed by atoms with Crippen molar-refractivity contribution in [1.29, 1.82) is 0 Å². The van der Waals surface area contributed by atoms with Gasteiger partial charge in [-0.15, -0.1) is 0 Å². The molecule has 2 aromatic carbocycles. The van der Waals surface area contributed by atoms with Crippen LogP contribution in [0.4, 0.5) is 0 Å². The second-order valence-electron chi connectivity index (χ2n) is 4.58. The average molecular weight is 233 g/mol. The fourth-order valence-electron chi connectivity index (χ4n) is 2.37. The molecule has 0 unspecified atom stereocenters. The van der Waals surface area contributed by atoms with E-state index in [1.807, 2.05) is 18.2 Å². The van der Waals surface area contributed by atoms with E-state index >= 15 is 0 Å². The first kappa shape index (κ1) is 9.59. The van der Waals surface area contributed by atoms with Gasteiger partial charge in [-0.1, -0.05) is 24.3 Å². The largest absolute Gasteiger partial charge is 0.338 e. The Hall–Kier alpha value is -2.42. The number of nitrogens with zero attached hydrogens (tertiary/aromatic N) is 2. The Bertz CT molecular complexity index is 890. The van der Waals surface area contributed by atoms with Crippen molar-refractivity contribution >= 4 is 33.1 Å². The number of aromatic nitrogens is 3. The molecule has 0 atom stereocenters. The number of aromatic amines is 1. The normalized spacial score (nSPS) is 11.6. The molecule has 0 fully saturated rings. The molecule has 2 aromatic heterocycles. The quantitative estimate of drug-likeness (QED) is 0.504. The van der Waals surface area contributed by atoms with Crippen LogP contribution in [-0.4, -0.2) is 15.0 Å². The predicted molar refractivity (Wildman–Crippen MR) is 73.6 cm³/mol. The molecule has 18 heavy (non-hydrogen) atoms. The Kier molecular flexibility index (Phi) is 1.75. The maximum atomic E-state index is 4.71. The zero-order valence-electron chi connectivity index (χ0n) is 9.94. The highest BCUT2D eigenvalue weighted by Gasteiger charge is 2.07. The average Bonchev–Trinajstić information content (AvgIpc) is 2.73. The fourth-order valence-corrected chi connectivity index (χ4v) is 2.37. The lowest BCUT2D eigenvalue weighted by atomic mass is 10.2. The summed E-state index contributed by atoms with van der Waals surface area (Å²) in [6.07, 6.45) is 0. The van der Waals surface area contributed by atoms with Gasteiger partial charge < -0.3 is 4.98 Å². The molecule has 2 heterocycles. The van der Waals surface area contributed by atoms with E-state index in [-0.39, 0.29) is 0 Å². The van der Waals surface area contributed by atoms with Gasteiger partial charge in [-0.3, -0.25) is 0 Å². The molecule has 0 aliphatic rings. The van der Waals surface area contributed by atoms with Crippen LogP contribution >= 0.6 is 0 Å². The molecule has 4 aromatic rings. The summed E-state index contributed by atoms with van der Waals surface area (Å²) in [5.74, 6) is 0. The van der Waals surface area contributed by atoms with Crippen LogP contribution in [0.2, 0.25) is 0 Å². The standard InChI is InChI=1S/C15H11N3/c1-9-6-7-12-13(8-9)18-15-14(16-12)10-4-2-3-5-11(10)17-15/h2-8H,1H3,(H,17,18). The van der Waals surface area contributed by atoms with Gasteiger partial charge in [0.05, 0.1) is 11.0 Å². The summed E-state index contributed by atoms with van der Waals surface area (Å²) in [4.78, 5) is 12.7. The SMILES string of the molecule is Cc1ccc2nc3c(nc2c1)[nH]c1ccccc13. The highest BCUT2D eigenvalue weighted by molar-refractivity contribution is 6.05. The minimum absolute atomic E-state index is 0.856. The molecule has 0 aliphatic carbocycles. The summed E-state index contributed by atoms with van der Waals surface area (Å²) in [5, 5.41) is 1.13. The lowest BCUT2D eigenvalue weighted by molar-refractivity contribution is 1.34. The lowest BCUT2D eigenvalue weighted by Gasteiger charge is -1.98. The van der Waals surface area contributed by atoms with Gasteiger partial charge in [0.2, 0.25) is 0 Å². The van der Waals surface area contributed by atoms with Crippen LogP contribution in [0.3, 0.4) is 0 Å². The number of hydrogen-bond acceptors (Lipinski definition) is 2. The summed E-state index contributed by atoms with van der Waals surface area (Å²) in [6, 6.07) is 14.3. The summed E-state index contributed by atoms with van der Waals surface area (Å²) in [5.41, 5.74) is 5.97. The predicted octanol–water partition coefficient (Wildman–Crippen LogP) is 3.57. The van der Waals surface area contributed by atoms with Crippen LogP contribution in [0.25, 0.3) is 33.1 Å². The van der Waals surface area contributed by atoms with Gasteiger partial charge in [0, 0.05) is 10.9 Å². The van der Waals surface area contributed by atoms with Crippen molar-refractivity contribution in [3.8, 4) is 0 Å². The number of hydrogen-bond donors (Lipinski definition) is 1. The summed E-state index contributed by atoms with van der Waals surface area (Å²) < 4.78 is 0. The van der Waals surface area contributed by atoms with Gasteiger partial charge in [0.15, 0.2) is 5.65 Å². The van der Waals surface area contributed by atoms with E-state index in [4.69, 9.17) is 4.98 Å². The van der Waals surface area contributed by atoms with Crippen molar-refractivity contribution in [1.82, 2.24) is 15.0 Å². The summed E-state index contributed by atoms with van der Waals surface area (Å²) >= 11 is 0. The third-order valence-electron chi connectivity index (χ3n) is 3.25. The van der Waals surface area contributed by atoms with E-state index in [0.717, 1.165) is 33.1 Å². The molecule has 86 valence electrons. The number of H-pyrrole nitrogens is 1. The first-order valence-electron chi connectivity index (χ1n) is 5.96. The summed E-state index contributed by atoms with van der Waals surface area (Å²) in [6.45, 7) is 2.07. The molecular weight excluding hydrogens is 222 g/mol. The minimum Gasteiger partial charge on any atom is -0.338 e. The molecule has 0 bridgehead atoms. The number of nitrogens with one attached hydrogen (secondary N) is 1. The van der Waals surface area contributed by atoms with Gasteiger partial charge in [-0.05, 0) is 30.7 Å². The molecular formula is C15H11N3. The topological polar surface area (TPSA) is 41.6 Å². The zero-order chi connectivity index (χ0) is 12.1. The Morgan fingerprint density at radius 3 is 2.78 bits per heavy atom. The molecule has 0 saturated heterocycles. The third-order valence-corrected chi connectivity index (χ3v) is 3.25. The molecule has 3 nitrogen and oxygen atoms in total. The van der Waals surface area contributed by atoms with Gasteiger partial charge >= 0.3 is 0 Å². The van der Waals surface area contributed by atoms with E-state index in [2.05, 4.69) is 41.2 Å². The van der Waals surface area contributed by atoms with Crippen molar-refractivity contribution in [2.75, 3.05) is 0 Å². The smallest absolute Gasteiger partial charge is 0.157 e. The molecule has 0 spiro atoms. The number of fused-ring (bicyclic) bond motifs is 4. The molecule has 0 amide bonds. The maximum Gasteiger partial charge on any atom is 0.157 e. The zero-order valence-corrected chi connectivity index (χ0v) is 9.94. The van der Waals surface area contributed by atoms with Crippen molar-refractivity contribution in [3.63, 3.8) is 0 Å². The van der Waals surface area contributed by atoms with Crippen LogP contribution in [-0.2, 0) is 0 Å². The minimum atomic E-state index is 0.856. The number of benzene rings is 2. The highest BCUT2D eigenvalue weighted by Crippen LogP contribution is 2.24. The summed E-state index contributed by atoms with van der Waals surface area (Å²) in [7, 11) is 0. The van der Waals surface area contributed by atoms with Crippen LogP contribution < -0.4 is 0 Å².